The van der Waals surface area contributed by atoms with Crippen molar-refractivity contribution < 1.29 is 19.2 Å². The molecule has 0 spiro atoms. The molecule has 1 aromatic rings. The van der Waals surface area contributed by atoms with Gasteiger partial charge in [-0.25, -0.2) is 0 Å². The van der Waals surface area contributed by atoms with Gasteiger partial charge in [0, 0.05) is 13.1 Å². The number of rotatable bonds is 3. The molecule has 0 atom stereocenters. The average molecular weight is 321 g/mol. The summed E-state index contributed by atoms with van der Waals surface area (Å²) >= 11 is 4.83. The number of methoxy groups -OCH3 is 1. The normalized spacial score (nSPS) is 16.7. The number of amides is 2. The van der Waals surface area contributed by atoms with Crippen molar-refractivity contribution in [1.82, 2.24) is 10.2 Å². The standard InChI is InChI=1S/C13H11N3O5S/c1-15-12(18)8(11(17)14-13(15)22)5-7-3-4-10(21-2)9(6-7)16(19)20/h3-6H,1-2H3,(H,14,17,22)/b8-5+. The van der Waals surface area contributed by atoms with Crippen LogP contribution in [0.4, 0.5) is 5.69 Å². The highest BCUT2D eigenvalue weighted by Crippen LogP contribution is 2.28. The molecule has 2 amide bonds. The Morgan fingerprint density at radius 2 is 2.09 bits per heavy atom. The van der Waals surface area contributed by atoms with Gasteiger partial charge in [0.2, 0.25) is 0 Å². The molecule has 0 unspecified atom stereocenters. The summed E-state index contributed by atoms with van der Waals surface area (Å²) in [6.45, 7) is 0. The second-order valence-corrected chi connectivity index (χ2v) is 4.76. The quantitative estimate of drug-likeness (QED) is 0.291. The molecule has 22 heavy (non-hydrogen) atoms. The molecule has 0 aliphatic carbocycles. The van der Waals surface area contributed by atoms with Gasteiger partial charge in [-0.1, -0.05) is 6.07 Å². The largest absolute Gasteiger partial charge is 0.490 e. The number of likely N-dealkylation sites (N-methyl/N-ethyl adjacent to an activating group) is 1. The fourth-order valence-corrected chi connectivity index (χ4v) is 2.03. The van der Waals surface area contributed by atoms with E-state index in [4.69, 9.17) is 17.0 Å². The number of hydrogen-bond donors (Lipinski definition) is 1. The van der Waals surface area contributed by atoms with Crippen molar-refractivity contribution in [3.63, 3.8) is 0 Å². The van der Waals surface area contributed by atoms with Gasteiger partial charge >= 0.3 is 5.69 Å². The predicted molar refractivity (Wildman–Crippen MR) is 81.1 cm³/mol. The Morgan fingerprint density at radius 1 is 1.41 bits per heavy atom. The van der Waals surface area contributed by atoms with Gasteiger partial charge in [-0.05, 0) is 29.9 Å². The lowest BCUT2D eigenvalue weighted by Gasteiger charge is -2.25. The van der Waals surface area contributed by atoms with Crippen LogP contribution in [0, 0.1) is 10.1 Å². The Hall–Kier alpha value is -2.81. The van der Waals surface area contributed by atoms with Crippen LogP contribution in [0.2, 0.25) is 0 Å². The van der Waals surface area contributed by atoms with E-state index in [1.54, 1.807) is 0 Å². The van der Waals surface area contributed by atoms with Crippen molar-refractivity contribution in [3.8, 4) is 5.75 Å². The minimum atomic E-state index is -0.647. The Morgan fingerprint density at radius 3 is 2.68 bits per heavy atom. The van der Waals surface area contributed by atoms with Crippen LogP contribution in [0.5, 0.6) is 5.75 Å². The van der Waals surface area contributed by atoms with Crippen molar-refractivity contribution in [2.45, 2.75) is 0 Å². The highest BCUT2D eigenvalue weighted by Gasteiger charge is 2.30. The molecule has 1 N–H and O–H groups in total. The Kier molecular flexibility index (Phi) is 4.18. The zero-order valence-electron chi connectivity index (χ0n) is 11.7. The van der Waals surface area contributed by atoms with Crippen molar-refractivity contribution in [1.29, 1.82) is 0 Å². The van der Waals surface area contributed by atoms with Crippen LogP contribution < -0.4 is 10.1 Å². The lowest BCUT2D eigenvalue weighted by Crippen LogP contribution is -2.52. The van der Waals surface area contributed by atoms with E-state index in [1.165, 1.54) is 38.4 Å². The van der Waals surface area contributed by atoms with E-state index in [-0.39, 0.29) is 22.1 Å². The zero-order valence-corrected chi connectivity index (χ0v) is 12.5. The number of benzene rings is 1. The van der Waals surface area contributed by atoms with Gasteiger partial charge in [0.15, 0.2) is 10.9 Å². The first-order valence-electron chi connectivity index (χ1n) is 6.02. The van der Waals surface area contributed by atoms with Crippen molar-refractivity contribution in [2.24, 2.45) is 0 Å². The molecule has 1 aliphatic heterocycles. The number of carbonyl (C=O) groups excluding carboxylic acids is 2. The molecular weight excluding hydrogens is 310 g/mol. The summed E-state index contributed by atoms with van der Waals surface area (Å²) < 4.78 is 4.89. The number of ether oxygens (including phenoxy) is 1. The van der Waals surface area contributed by atoms with Crippen LogP contribution in [0.1, 0.15) is 5.56 Å². The fraction of sp³-hybridized carbons (Fsp3) is 0.154. The number of nitrogens with one attached hydrogen (secondary N) is 1. The number of thiocarbonyl (C=S) groups is 1. The molecule has 2 rings (SSSR count). The molecule has 8 nitrogen and oxygen atoms in total. The number of nitrogens with zero attached hydrogens (tertiary/aromatic N) is 2. The molecule has 0 radical (unpaired) electrons. The summed E-state index contributed by atoms with van der Waals surface area (Å²) in [5, 5.41) is 13.3. The summed E-state index contributed by atoms with van der Waals surface area (Å²) in [4.78, 5) is 35.4. The van der Waals surface area contributed by atoms with Crippen molar-refractivity contribution in [3.05, 3.63) is 39.4 Å². The van der Waals surface area contributed by atoms with E-state index in [0.29, 0.717) is 5.56 Å². The van der Waals surface area contributed by atoms with Crippen LogP contribution in [-0.2, 0) is 9.59 Å². The number of nitro benzene ring substituents is 1. The van der Waals surface area contributed by atoms with Gasteiger partial charge in [-0.15, -0.1) is 0 Å². The number of hydrogen-bond acceptors (Lipinski definition) is 6. The van der Waals surface area contributed by atoms with Gasteiger partial charge in [-0.3, -0.25) is 29.9 Å². The maximum atomic E-state index is 12.0. The molecule has 1 heterocycles. The molecule has 9 heteroatoms. The molecule has 0 aromatic heterocycles. The molecule has 1 fully saturated rings. The molecule has 1 aliphatic rings. The second kappa shape index (κ2) is 5.90. The summed E-state index contributed by atoms with van der Waals surface area (Å²) in [5.41, 5.74) is -0.0906. The third kappa shape index (κ3) is 2.79. The first-order valence-corrected chi connectivity index (χ1v) is 6.43. The lowest BCUT2D eigenvalue weighted by molar-refractivity contribution is -0.385. The van der Waals surface area contributed by atoms with E-state index in [9.17, 15) is 19.7 Å². The van der Waals surface area contributed by atoms with Crippen LogP contribution in [0.15, 0.2) is 23.8 Å². The third-order valence-corrected chi connectivity index (χ3v) is 3.39. The van der Waals surface area contributed by atoms with E-state index < -0.39 is 16.7 Å². The van der Waals surface area contributed by atoms with Gasteiger partial charge in [0.05, 0.1) is 12.0 Å². The summed E-state index contributed by atoms with van der Waals surface area (Å²) in [7, 11) is 2.74. The maximum absolute atomic E-state index is 12.0. The first kappa shape index (κ1) is 15.6. The fourth-order valence-electron chi connectivity index (χ4n) is 1.85. The minimum absolute atomic E-state index is 0.00728. The topological polar surface area (TPSA) is 102 Å². The summed E-state index contributed by atoms with van der Waals surface area (Å²) in [6, 6.07) is 4.12. The Labute approximate surface area is 130 Å². The predicted octanol–water partition coefficient (Wildman–Crippen LogP) is 0.860. The maximum Gasteiger partial charge on any atom is 0.311 e. The van der Waals surface area contributed by atoms with Crippen LogP contribution in [-0.4, -0.2) is 40.9 Å². The van der Waals surface area contributed by atoms with Crippen LogP contribution in [0.3, 0.4) is 0 Å². The average Bonchev–Trinajstić information content (AvgIpc) is 2.49. The van der Waals surface area contributed by atoms with Gasteiger partial charge in [-0.2, -0.15) is 0 Å². The SMILES string of the molecule is COc1ccc(/C=C2\C(=O)NC(=S)N(C)C2=O)cc1[N+](=O)[O-]. The molecule has 114 valence electrons. The van der Waals surface area contributed by atoms with Crippen molar-refractivity contribution in [2.75, 3.05) is 14.2 Å². The highest BCUT2D eigenvalue weighted by molar-refractivity contribution is 7.80. The van der Waals surface area contributed by atoms with E-state index >= 15 is 0 Å². The van der Waals surface area contributed by atoms with Gasteiger partial charge in [0.25, 0.3) is 11.8 Å². The summed E-state index contributed by atoms with van der Waals surface area (Å²) in [6.07, 6.45) is 1.27. The minimum Gasteiger partial charge on any atom is -0.490 e. The third-order valence-electron chi connectivity index (χ3n) is 3.02. The van der Waals surface area contributed by atoms with Crippen molar-refractivity contribution >= 4 is 40.9 Å². The van der Waals surface area contributed by atoms with Gasteiger partial charge in [0.1, 0.15) is 5.57 Å². The smallest absolute Gasteiger partial charge is 0.311 e. The van der Waals surface area contributed by atoms with Gasteiger partial charge < -0.3 is 4.74 Å². The first-order chi connectivity index (χ1) is 10.3. The molecule has 1 saturated heterocycles. The molecule has 1 aromatic carbocycles. The Bertz CT molecular complexity index is 728. The summed E-state index contributed by atoms with van der Waals surface area (Å²) in [5.74, 6) is -1.14. The molecular formula is C13H11N3O5S. The number of nitro groups is 1. The molecule has 0 bridgehead atoms. The highest BCUT2D eigenvalue weighted by atomic mass is 32.1. The van der Waals surface area contributed by atoms with E-state index in [0.717, 1.165) is 4.90 Å². The van der Waals surface area contributed by atoms with Crippen LogP contribution in [0.25, 0.3) is 6.08 Å². The Balaban J connectivity index is 2.46. The molecule has 0 saturated carbocycles. The number of carbonyl (C=O) groups is 2. The van der Waals surface area contributed by atoms with E-state index in [2.05, 4.69) is 5.32 Å². The van der Waals surface area contributed by atoms with Crippen LogP contribution >= 0.6 is 12.2 Å². The second-order valence-electron chi connectivity index (χ2n) is 4.37. The lowest BCUT2D eigenvalue weighted by atomic mass is 10.1. The van der Waals surface area contributed by atoms with E-state index in [1.807, 2.05) is 0 Å². The monoisotopic (exact) mass is 321 g/mol. The zero-order chi connectivity index (χ0) is 16.4.